The molecule has 0 bridgehead atoms. The quantitative estimate of drug-likeness (QED) is 0.326. The van der Waals surface area contributed by atoms with E-state index in [4.69, 9.17) is 9.72 Å². The number of rotatable bonds is 5. The van der Waals surface area contributed by atoms with Crippen molar-refractivity contribution in [1.29, 1.82) is 0 Å². The maximum absolute atomic E-state index is 13.3. The van der Waals surface area contributed by atoms with Crippen LogP contribution in [0.4, 0.5) is 0 Å². The Balaban J connectivity index is 1.94. The van der Waals surface area contributed by atoms with E-state index in [-0.39, 0.29) is 17.6 Å². The summed E-state index contributed by atoms with van der Waals surface area (Å²) in [5.74, 6) is 1.37. The Morgan fingerprint density at radius 1 is 1.03 bits per heavy atom. The van der Waals surface area contributed by atoms with Gasteiger partial charge in [0.15, 0.2) is 0 Å². The Kier molecular flexibility index (Phi) is 5.92. The Morgan fingerprint density at radius 3 is 2.55 bits per heavy atom. The average molecular weight is 478 g/mol. The molecular weight excluding hydrogens is 454 g/mol. The highest BCUT2D eigenvalue weighted by atomic mass is 79.9. The summed E-state index contributed by atoms with van der Waals surface area (Å²) in [6.07, 6.45) is 1.72. The summed E-state index contributed by atoms with van der Waals surface area (Å²) in [7, 11) is 0. The van der Waals surface area contributed by atoms with Crippen molar-refractivity contribution in [2.24, 2.45) is 5.10 Å². The zero-order valence-corrected chi connectivity index (χ0v) is 19.6. The minimum absolute atomic E-state index is 0.0157. The molecule has 1 aromatic heterocycles. The molecule has 0 unspecified atom stereocenters. The second-order valence-corrected chi connectivity index (χ2v) is 8.93. The molecule has 4 aromatic rings. The number of hydrogen-bond acceptors (Lipinski definition) is 4. The van der Waals surface area contributed by atoms with Gasteiger partial charge in [-0.2, -0.15) is 9.78 Å². The lowest BCUT2D eigenvalue weighted by atomic mass is 10.0. The second-order valence-electron chi connectivity index (χ2n) is 8.01. The van der Waals surface area contributed by atoms with Gasteiger partial charge >= 0.3 is 0 Å². The fourth-order valence-corrected chi connectivity index (χ4v) is 3.89. The smallest absolute Gasteiger partial charge is 0.282 e. The Morgan fingerprint density at radius 2 is 1.81 bits per heavy atom. The summed E-state index contributed by atoms with van der Waals surface area (Å²) in [6.45, 7) is 7.98. The third-order valence-corrected chi connectivity index (χ3v) is 5.44. The zero-order valence-electron chi connectivity index (χ0n) is 18.0. The summed E-state index contributed by atoms with van der Waals surface area (Å²) in [4.78, 5) is 18.0. The number of nitrogens with zero attached hydrogens (tertiary/aromatic N) is 3. The maximum atomic E-state index is 13.3. The molecule has 3 aromatic carbocycles. The summed E-state index contributed by atoms with van der Waals surface area (Å²) >= 11 is 3.44. The van der Waals surface area contributed by atoms with Crippen molar-refractivity contribution in [3.05, 3.63) is 80.8 Å². The van der Waals surface area contributed by atoms with Crippen LogP contribution in [0.2, 0.25) is 0 Å². The predicted molar refractivity (Wildman–Crippen MR) is 130 cm³/mol. The van der Waals surface area contributed by atoms with Crippen molar-refractivity contribution in [3.8, 4) is 5.75 Å². The van der Waals surface area contributed by atoms with Gasteiger partial charge in [-0.25, -0.2) is 4.98 Å². The molecule has 1 heterocycles. The van der Waals surface area contributed by atoms with Crippen LogP contribution in [0.25, 0.3) is 21.7 Å². The highest BCUT2D eigenvalue weighted by molar-refractivity contribution is 9.10. The lowest BCUT2D eigenvalue weighted by Crippen LogP contribution is -2.23. The molecule has 0 aliphatic carbocycles. The first-order valence-corrected chi connectivity index (χ1v) is 11.1. The van der Waals surface area contributed by atoms with E-state index in [9.17, 15) is 4.79 Å². The SMILES string of the molecule is CC(C)Oc1ccc2ccccc2c1C=Nn1c(C(C)C)nc2ccc(Br)cc2c1=O. The van der Waals surface area contributed by atoms with E-state index in [0.29, 0.717) is 16.7 Å². The Hall–Kier alpha value is -2.99. The van der Waals surface area contributed by atoms with Crippen LogP contribution in [0.5, 0.6) is 5.75 Å². The Bertz CT molecular complexity index is 1360. The Labute approximate surface area is 189 Å². The number of halogens is 1. The van der Waals surface area contributed by atoms with Gasteiger partial charge in [0.1, 0.15) is 11.6 Å². The van der Waals surface area contributed by atoms with Gasteiger partial charge in [0, 0.05) is 16.0 Å². The van der Waals surface area contributed by atoms with Gasteiger partial charge in [0.05, 0.1) is 23.2 Å². The van der Waals surface area contributed by atoms with Gasteiger partial charge in [0.2, 0.25) is 0 Å². The van der Waals surface area contributed by atoms with E-state index in [1.165, 1.54) is 4.68 Å². The molecule has 0 saturated carbocycles. The third kappa shape index (κ3) is 4.26. The minimum atomic E-state index is -0.196. The van der Waals surface area contributed by atoms with Crippen molar-refractivity contribution in [1.82, 2.24) is 9.66 Å². The molecule has 0 spiro atoms. The van der Waals surface area contributed by atoms with Gasteiger partial charge in [-0.05, 0) is 48.9 Å². The first-order chi connectivity index (χ1) is 14.8. The molecule has 6 heteroatoms. The second kappa shape index (κ2) is 8.63. The van der Waals surface area contributed by atoms with Crippen LogP contribution < -0.4 is 10.3 Å². The normalized spacial score (nSPS) is 12.0. The minimum Gasteiger partial charge on any atom is -0.490 e. The van der Waals surface area contributed by atoms with Crippen LogP contribution >= 0.6 is 15.9 Å². The molecule has 0 aliphatic heterocycles. The molecule has 5 nitrogen and oxygen atoms in total. The number of benzene rings is 3. The van der Waals surface area contributed by atoms with Gasteiger partial charge in [-0.15, -0.1) is 0 Å². The highest BCUT2D eigenvalue weighted by Gasteiger charge is 2.15. The summed E-state index contributed by atoms with van der Waals surface area (Å²) < 4.78 is 8.27. The number of hydrogen-bond donors (Lipinski definition) is 0. The van der Waals surface area contributed by atoms with Crippen LogP contribution in [-0.4, -0.2) is 22.0 Å². The van der Waals surface area contributed by atoms with Gasteiger partial charge in [0.25, 0.3) is 5.56 Å². The number of aromatic nitrogens is 2. The molecule has 0 radical (unpaired) electrons. The van der Waals surface area contributed by atoms with Crippen LogP contribution in [0.3, 0.4) is 0 Å². The van der Waals surface area contributed by atoms with E-state index >= 15 is 0 Å². The van der Waals surface area contributed by atoms with Crippen LogP contribution in [0.15, 0.2) is 69.0 Å². The highest BCUT2D eigenvalue weighted by Crippen LogP contribution is 2.28. The molecule has 0 atom stereocenters. The van der Waals surface area contributed by atoms with Crippen LogP contribution in [0, 0.1) is 0 Å². The van der Waals surface area contributed by atoms with E-state index < -0.39 is 0 Å². The van der Waals surface area contributed by atoms with Crippen molar-refractivity contribution >= 4 is 43.8 Å². The lowest BCUT2D eigenvalue weighted by Gasteiger charge is -2.15. The van der Waals surface area contributed by atoms with E-state index in [1.54, 1.807) is 12.3 Å². The molecule has 0 saturated heterocycles. The standard InChI is InChI=1S/C25H24BrN3O2/c1-15(2)24-28-22-11-10-18(26)13-20(22)25(30)29(24)27-14-21-19-8-6-5-7-17(19)9-12-23(21)31-16(3)4/h5-16H,1-4H3. The molecule has 31 heavy (non-hydrogen) atoms. The largest absolute Gasteiger partial charge is 0.490 e. The van der Waals surface area contributed by atoms with E-state index in [0.717, 1.165) is 26.6 Å². The molecule has 4 rings (SSSR count). The van der Waals surface area contributed by atoms with E-state index in [2.05, 4.69) is 21.0 Å². The van der Waals surface area contributed by atoms with Gasteiger partial charge in [-0.3, -0.25) is 4.79 Å². The van der Waals surface area contributed by atoms with Crippen LogP contribution in [0.1, 0.15) is 45.0 Å². The van der Waals surface area contributed by atoms with Crippen LogP contribution in [-0.2, 0) is 0 Å². The molecule has 158 valence electrons. The number of fused-ring (bicyclic) bond motifs is 2. The topological polar surface area (TPSA) is 56.5 Å². The van der Waals surface area contributed by atoms with Crippen molar-refractivity contribution in [3.63, 3.8) is 0 Å². The molecule has 0 amide bonds. The number of ether oxygens (including phenoxy) is 1. The predicted octanol–water partition coefficient (Wildman–Crippen LogP) is 6.11. The molecule has 0 N–H and O–H groups in total. The van der Waals surface area contributed by atoms with Crippen molar-refractivity contribution in [2.75, 3.05) is 0 Å². The van der Waals surface area contributed by atoms with Gasteiger partial charge in [-0.1, -0.05) is 60.1 Å². The molecule has 0 fully saturated rings. The summed E-state index contributed by atoms with van der Waals surface area (Å²) in [6, 6.07) is 17.6. The van der Waals surface area contributed by atoms with Crippen molar-refractivity contribution in [2.45, 2.75) is 39.7 Å². The lowest BCUT2D eigenvalue weighted by molar-refractivity contribution is 0.242. The maximum Gasteiger partial charge on any atom is 0.282 e. The monoisotopic (exact) mass is 477 g/mol. The first-order valence-electron chi connectivity index (χ1n) is 10.3. The van der Waals surface area contributed by atoms with Gasteiger partial charge < -0.3 is 4.74 Å². The fraction of sp³-hybridized carbons (Fsp3) is 0.240. The fourth-order valence-electron chi connectivity index (χ4n) is 3.53. The van der Waals surface area contributed by atoms with E-state index in [1.807, 2.05) is 76.2 Å². The summed E-state index contributed by atoms with van der Waals surface area (Å²) in [5.41, 5.74) is 1.30. The summed E-state index contributed by atoms with van der Waals surface area (Å²) in [5, 5.41) is 7.23. The zero-order chi connectivity index (χ0) is 22.1. The first kappa shape index (κ1) is 21.2. The molecular formula is C25H24BrN3O2. The van der Waals surface area contributed by atoms with Crippen molar-refractivity contribution < 1.29 is 4.74 Å². The molecule has 0 aliphatic rings. The average Bonchev–Trinajstić information content (AvgIpc) is 2.73. The third-order valence-electron chi connectivity index (χ3n) is 4.95.